The summed E-state index contributed by atoms with van der Waals surface area (Å²) in [5.74, 6) is -0.0796. The maximum Gasteiger partial charge on any atom is 0.273 e. The molecule has 1 aromatic rings. The molecule has 2 unspecified atom stereocenters. The van der Waals surface area contributed by atoms with Gasteiger partial charge in [0.25, 0.3) is 11.6 Å². The number of non-ortho nitro benzene ring substituents is 1. The second-order valence-electron chi connectivity index (χ2n) is 4.69. The van der Waals surface area contributed by atoms with Gasteiger partial charge in [0, 0.05) is 12.6 Å². The van der Waals surface area contributed by atoms with Gasteiger partial charge in [-0.25, -0.2) is 0 Å². The van der Waals surface area contributed by atoms with Crippen molar-refractivity contribution >= 4 is 17.3 Å². The van der Waals surface area contributed by atoms with Gasteiger partial charge in [-0.3, -0.25) is 14.9 Å². The molecule has 1 aliphatic rings. The molecule has 0 spiro atoms. The number of methoxy groups -OCH3 is 1. The van der Waals surface area contributed by atoms with Gasteiger partial charge in [-0.15, -0.1) is 0 Å². The Balaban J connectivity index is 2.08. The third-order valence-electron chi connectivity index (χ3n) is 3.32. The number of anilines is 1. The number of carbonyl (C=O) groups excluding carboxylic acids is 1. The van der Waals surface area contributed by atoms with Crippen molar-refractivity contribution in [1.29, 1.82) is 0 Å². The number of nitrogens with two attached hydrogens (primary N) is 1. The highest BCUT2D eigenvalue weighted by atomic mass is 16.6. The molecular weight excluding hydrogens is 278 g/mol. The lowest BCUT2D eigenvalue weighted by Gasteiger charge is -2.14. The fraction of sp³-hybridized carbons (Fsp3) is 0.462. The van der Waals surface area contributed by atoms with E-state index in [9.17, 15) is 14.9 Å². The Kier molecular flexibility index (Phi) is 4.71. The van der Waals surface area contributed by atoms with E-state index in [1.54, 1.807) is 0 Å². The molecule has 2 rings (SSSR count). The lowest BCUT2D eigenvalue weighted by molar-refractivity contribution is -0.384. The summed E-state index contributed by atoms with van der Waals surface area (Å²) in [4.78, 5) is 22.3. The van der Waals surface area contributed by atoms with Gasteiger partial charge in [-0.1, -0.05) is 0 Å². The molecule has 3 N–H and O–H groups in total. The van der Waals surface area contributed by atoms with Crippen LogP contribution in [0.1, 0.15) is 12.8 Å². The number of benzene rings is 1. The summed E-state index contributed by atoms with van der Waals surface area (Å²) in [5.41, 5.74) is 5.76. The van der Waals surface area contributed by atoms with Crippen molar-refractivity contribution in [3.8, 4) is 5.75 Å². The summed E-state index contributed by atoms with van der Waals surface area (Å²) in [6.45, 7) is 0.380. The van der Waals surface area contributed by atoms with Crippen LogP contribution < -0.4 is 15.8 Å². The summed E-state index contributed by atoms with van der Waals surface area (Å²) in [6, 6.07) is 3.99. The van der Waals surface area contributed by atoms with Gasteiger partial charge in [-0.2, -0.15) is 0 Å². The van der Waals surface area contributed by atoms with Crippen LogP contribution in [-0.4, -0.2) is 36.7 Å². The number of carbonyl (C=O) groups is 1. The van der Waals surface area contributed by atoms with Gasteiger partial charge in [0.2, 0.25) is 0 Å². The van der Waals surface area contributed by atoms with Gasteiger partial charge < -0.3 is 20.5 Å². The average molecular weight is 295 g/mol. The number of ether oxygens (including phenoxy) is 2. The molecule has 0 saturated carbocycles. The first-order chi connectivity index (χ1) is 10.0. The molecule has 1 fully saturated rings. The van der Waals surface area contributed by atoms with Crippen LogP contribution in [0.25, 0.3) is 0 Å². The Hall–Kier alpha value is -2.19. The Labute approximate surface area is 121 Å². The Morgan fingerprint density at radius 2 is 2.33 bits per heavy atom. The minimum Gasteiger partial charge on any atom is -0.494 e. The first-order valence-electron chi connectivity index (χ1n) is 6.54. The van der Waals surface area contributed by atoms with Crippen molar-refractivity contribution in [3.05, 3.63) is 28.3 Å². The second kappa shape index (κ2) is 6.51. The first kappa shape index (κ1) is 15.2. The molecule has 0 aromatic heterocycles. The molecule has 1 aromatic carbocycles. The van der Waals surface area contributed by atoms with Crippen LogP contribution >= 0.6 is 0 Å². The first-order valence-corrected chi connectivity index (χ1v) is 6.54. The Morgan fingerprint density at radius 3 is 2.90 bits per heavy atom. The number of nitrogens with zero attached hydrogens (tertiary/aromatic N) is 1. The normalized spacial score (nSPS) is 21.0. The highest BCUT2D eigenvalue weighted by Gasteiger charge is 2.30. The Bertz CT molecular complexity index is 549. The molecule has 0 aliphatic carbocycles. The maximum atomic E-state index is 12.1. The molecule has 0 radical (unpaired) electrons. The van der Waals surface area contributed by atoms with Crippen LogP contribution in [-0.2, 0) is 9.53 Å². The van der Waals surface area contributed by atoms with Crippen molar-refractivity contribution < 1.29 is 19.2 Å². The van der Waals surface area contributed by atoms with Crippen LogP contribution in [0.5, 0.6) is 5.75 Å². The molecule has 1 amide bonds. The predicted octanol–water partition coefficient (Wildman–Crippen LogP) is 1.05. The van der Waals surface area contributed by atoms with E-state index in [4.69, 9.17) is 15.2 Å². The van der Waals surface area contributed by atoms with E-state index in [1.807, 2.05) is 0 Å². The van der Waals surface area contributed by atoms with E-state index in [0.29, 0.717) is 18.7 Å². The third kappa shape index (κ3) is 3.47. The lowest BCUT2D eigenvalue weighted by Crippen LogP contribution is -2.29. The summed E-state index contributed by atoms with van der Waals surface area (Å²) >= 11 is 0. The molecule has 1 saturated heterocycles. The molecule has 1 aliphatic heterocycles. The molecule has 1 heterocycles. The van der Waals surface area contributed by atoms with Gasteiger partial charge in [0.1, 0.15) is 11.9 Å². The average Bonchev–Trinajstić information content (AvgIpc) is 2.96. The number of hydrogen-bond acceptors (Lipinski definition) is 6. The second-order valence-corrected chi connectivity index (χ2v) is 4.69. The zero-order chi connectivity index (χ0) is 15.4. The molecule has 8 heteroatoms. The van der Waals surface area contributed by atoms with E-state index in [0.717, 1.165) is 6.42 Å². The van der Waals surface area contributed by atoms with Crippen molar-refractivity contribution in [3.63, 3.8) is 0 Å². The minimum atomic E-state index is -0.557. The molecule has 21 heavy (non-hydrogen) atoms. The third-order valence-corrected chi connectivity index (χ3v) is 3.32. The fourth-order valence-corrected chi connectivity index (χ4v) is 2.18. The Morgan fingerprint density at radius 1 is 1.57 bits per heavy atom. The van der Waals surface area contributed by atoms with Crippen molar-refractivity contribution in [1.82, 2.24) is 0 Å². The van der Waals surface area contributed by atoms with Crippen LogP contribution in [0.3, 0.4) is 0 Å². The van der Waals surface area contributed by atoms with Crippen molar-refractivity contribution in [2.24, 2.45) is 5.73 Å². The number of hydrogen-bond donors (Lipinski definition) is 2. The SMILES string of the molecule is COc1cc([N+](=O)[O-])ccc1NC(=O)C1CCC(CN)O1. The van der Waals surface area contributed by atoms with E-state index in [1.165, 1.54) is 25.3 Å². The van der Waals surface area contributed by atoms with Crippen LogP contribution in [0.2, 0.25) is 0 Å². The zero-order valence-corrected chi connectivity index (χ0v) is 11.6. The molecule has 114 valence electrons. The summed E-state index contributed by atoms with van der Waals surface area (Å²) in [7, 11) is 1.38. The maximum absolute atomic E-state index is 12.1. The number of amides is 1. The van der Waals surface area contributed by atoms with Gasteiger partial charge in [0.15, 0.2) is 0 Å². The number of nitro benzene ring substituents is 1. The predicted molar refractivity (Wildman–Crippen MR) is 75.2 cm³/mol. The minimum absolute atomic E-state index is 0.0977. The zero-order valence-electron chi connectivity index (χ0n) is 11.6. The fourth-order valence-electron chi connectivity index (χ4n) is 2.18. The summed E-state index contributed by atoms with van der Waals surface area (Å²) in [6.07, 6.45) is 0.688. The van der Waals surface area contributed by atoms with Gasteiger partial charge >= 0.3 is 0 Å². The summed E-state index contributed by atoms with van der Waals surface area (Å²) < 4.78 is 10.6. The van der Waals surface area contributed by atoms with Gasteiger partial charge in [-0.05, 0) is 18.9 Å². The largest absolute Gasteiger partial charge is 0.494 e. The van der Waals surface area contributed by atoms with E-state index in [2.05, 4.69) is 5.32 Å². The quantitative estimate of drug-likeness (QED) is 0.619. The topological polar surface area (TPSA) is 117 Å². The standard InChI is InChI=1S/C13H17N3O5/c1-20-12-6-8(16(18)19)2-4-10(12)15-13(17)11-5-3-9(7-14)21-11/h2,4,6,9,11H,3,5,7,14H2,1H3,(H,15,17). The van der Waals surface area contributed by atoms with E-state index in [-0.39, 0.29) is 23.4 Å². The molecule has 0 bridgehead atoms. The van der Waals surface area contributed by atoms with Crippen molar-refractivity contribution in [2.45, 2.75) is 25.0 Å². The smallest absolute Gasteiger partial charge is 0.273 e. The van der Waals surface area contributed by atoms with Crippen LogP contribution in [0.15, 0.2) is 18.2 Å². The number of nitrogens with one attached hydrogen (secondary N) is 1. The number of rotatable bonds is 5. The van der Waals surface area contributed by atoms with Crippen molar-refractivity contribution in [2.75, 3.05) is 19.0 Å². The van der Waals surface area contributed by atoms with Crippen LogP contribution in [0, 0.1) is 10.1 Å². The van der Waals surface area contributed by atoms with Crippen LogP contribution in [0.4, 0.5) is 11.4 Å². The number of nitro groups is 1. The molecule has 8 nitrogen and oxygen atoms in total. The molecule has 2 atom stereocenters. The van der Waals surface area contributed by atoms with Gasteiger partial charge in [0.05, 0.1) is 29.9 Å². The highest BCUT2D eigenvalue weighted by Crippen LogP contribution is 2.30. The monoisotopic (exact) mass is 295 g/mol. The van der Waals surface area contributed by atoms with E-state index >= 15 is 0 Å². The molecular formula is C13H17N3O5. The highest BCUT2D eigenvalue weighted by molar-refractivity contribution is 5.95. The summed E-state index contributed by atoms with van der Waals surface area (Å²) in [5, 5.41) is 13.4. The lowest BCUT2D eigenvalue weighted by atomic mass is 10.2. The van der Waals surface area contributed by atoms with E-state index < -0.39 is 11.0 Å².